The number of H-pyrrole nitrogens is 1. The molecule has 8 heteroatoms. The molecule has 4 aromatic rings. The summed E-state index contributed by atoms with van der Waals surface area (Å²) in [7, 11) is 0. The number of aromatic amines is 1. The van der Waals surface area contributed by atoms with Crippen LogP contribution in [0.5, 0.6) is 11.5 Å². The van der Waals surface area contributed by atoms with E-state index in [1.54, 1.807) is 12.1 Å². The molecule has 0 fully saturated rings. The van der Waals surface area contributed by atoms with Crippen LogP contribution in [0, 0.1) is 17.1 Å². The van der Waals surface area contributed by atoms with E-state index in [4.69, 9.17) is 9.47 Å². The molecule has 0 radical (unpaired) electrons. The summed E-state index contributed by atoms with van der Waals surface area (Å²) in [6, 6.07) is 18.0. The van der Waals surface area contributed by atoms with Crippen LogP contribution in [-0.4, -0.2) is 16.6 Å². The van der Waals surface area contributed by atoms with Crippen molar-refractivity contribution in [3.63, 3.8) is 0 Å². The van der Waals surface area contributed by atoms with Crippen LogP contribution < -0.4 is 9.47 Å². The van der Waals surface area contributed by atoms with Crippen molar-refractivity contribution in [3.05, 3.63) is 86.3 Å². The van der Waals surface area contributed by atoms with Crippen LogP contribution in [0.25, 0.3) is 22.7 Å². The third-order valence-electron chi connectivity index (χ3n) is 4.76. The Balaban J connectivity index is 1.65. The zero-order valence-corrected chi connectivity index (χ0v) is 20.7. The molecule has 166 valence electrons. The molecule has 1 heterocycles. The van der Waals surface area contributed by atoms with E-state index in [-0.39, 0.29) is 5.82 Å². The first-order chi connectivity index (χ1) is 16.0. The quantitative estimate of drug-likeness (QED) is 0.237. The van der Waals surface area contributed by atoms with Gasteiger partial charge in [-0.1, -0.05) is 28.1 Å². The lowest BCUT2D eigenvalue weighted by Gasteiger charge is -2.15. The lowest BCUT2D eigenvalue weighted by Crippen LogP contribution is -2.01. The summed E-state index contributed by atoms with van der Waals surface area (Å²) in [4.78, 5) is 7.41. The van der Waals surface area contributed by atoms with Crippen LogP contribution in [0.3, 0.4) is 0 Å². The van der Waals surface area contributed by atoms with Gasteiger partial charge >= 0.3 is 0 Å². The van der Waals surface area contributed by atoms with Crippen molar-refractivity contribution in [3.8, 4) is 17.6 Å². The van der Waals surface area contributed by atoms with Gasteiger partial charge in [0.1, 0.15) is 24.3 Å². The number of aromatic nitrogens is 2. The topological polar surface area (TPSA) is 70.9 Å². The Morgan fingerprint density at radius 3 is 2.64 bits per heavy atom. The maximum Gasteiger partial charge on any atom is 0.175 e. The van der Waals surface area contributed by atoms with E-state index in [1.807, 2.05) is 43.3 Å². The first kappa shape index (κ1) is 23.0. The van der Waals surface area contributed by atoms with Crippen molar-refractivity contribution in [2.45, 2.75) is 13.5 Å². The molecule has 0 atom stereocenters. The summed E-state index contributed by atoms with van der Waals surface area (Å²) in [6.07, 6.45) is 1.69. The number of rotatable bonds is 7. The van der Waals surface area contributed by atoms with Crippen molar-refractivity contribution in [1.82, 2.24) is 9.97 Å². The van der Waals surface area contributed by atoms with E-state index in [1.165, 1.54) is 12.1 Å². The molecule has 3 aromatic carbocycles. The highest BCUT2D eigenvalue weighted by Crippen LogP contribution is 2.38. The molecule has 0 aliphatic rings. The van der Waals surface area contributed by atoms with Gasteiger partial charge in [0.25, 0.3) is 0 Å². The minimum atomic E-state index is -0.371. The third-order valence-corrected chi connectivity index (χ3v) is 5.88. The second-order valence-electron chi connectivity index (χ2n) is 7.09. The number of allylic oxidation sites excluding steroid dienone is 1. The Morgan fingerprint density at radius 1 is 1.12 bits per heavy atom. The Morgan fingerprint density at radius 2 is 1.91 bits per heavy atom. The molecule has 5 nitrogen and oxygen atoms in total. The normalized spacial score (nSPS) is 11.4. The number of nitriles is 1. The van der Waals surface area contributed by atoms with Gasteiger partial charge in [0.2, 0.25) is 0 Å². The van der Waals surface area contributed by atoms with Crippen molar-refractivity contribution < 1.29 is 13.9 Å². The summed E-state index contributed by atoms with van der Waals surface area (Å²) in [6.45, 7) is 2.72. The molecule has 0 saturated carbocycles. The van der Waals surface area contributed by atoms with E-state index in [2.05, 4.69) is 47.9 Å². The minimum Gasteiger partial charge on any atom is -0.490 e. The van der Waals surface area contributed by atoms with E-state index in [0.29, 0.717) is 51.6 Å². The molecule has 0 aliphatic heterocycles. The Labute approximate surface area is 207 Å². The summed E-state index contributed by atoms with van der Waals surface area (Å²) in [5.41, 5.74) is 3.16. The molecule has 0 aliphatic carbocycles. The number of nitrogens with one attached hydrogen (secondary N) is 1. The molecular formula is C25H18Br2FN3O2. The SMILES string of the molecule is CCOc1cc(/C=C(/C#N)c2nc3ccc(F)cc3[nH]2)cc(Br)c1OCc1ccc(Br)cc1. The van der Waals surface area contributed by atoms with E-state index < -0.39 is 0 Å². The number of hydrogen-bond acceptors (Lipinski definition) is 4. The molecule has 33 heavy (non-hydrogen) atoms. The maximum absolute atomic E-state index is 13.5. The first-order valence-electron chi connectivity index (χ1n) is 10.1. The molecule has 0 amide bonds. The Hall–Kier alpha value is -3.15. The third kappa shape index (κ3) is 5.44. The number of benzene rings is 3. The van der Waals surface area contributed by atoms with Crippen molar-refractivity contribution in [1.29, 1.82) is 5.26 Å². The maximum atomic E-state index is 13.5. The summed E-state index contributed by atoms with van der Waals surface area (Å²) in [5, 5.41) is 9.72. The average Bonchev–Trinajstić information content (AvgIpc) is 3.21. The van der Waals surface area contributed by atoms with Crippen LogP contribution >= 0.6 is 31.9 Å². The second-order valence-corrected chi connectivity index (χ2v) is 8.86. The van der Waals surface area contributed by atoms with Gasteiger partial charge in [-0.05, 0) is 82.5 Å². The fraction of sp³-hybridized carbons (Fsp3) is 0.120. The van der Waals surface area contributed by atoms with Gasteiger partial charge < -0.3 is 14.5 Å². The zero-order chi connectivity index (χ0) is 23.4. The fourth-order valence-electron chi connectivity index (χ4n) is 3.24. The number of ether oxygens (including phenoxy) is 2. The van der Waals surface area contributed by atoms with Gasteiger partial charge in [0.15, 0.2) is 11.5 Å². The van der Waals surface area contributed by atoms with E-state index >= 15 is 0 Å². The summed E-state index contributed by atoms with van der Waals surface area (Å²) >= 11 is 7.00. The first-order valence-corrected chi connectivity index (χ1v) is 11.7. The van der Waals surface area contributed by atoms with Gasteiger partial charge in [-0.25, -0.2) is 9.37 Å². The van der Waals surface area contributed by atoms with Crippen LogP contribution in [0.2, 0.25) is 0 Å². The van der Waals surface area contributed by atoms with E-state index in [0.717, 1.165) is 15.6 Å². The number of nitrogens with zero attached hydrogens (tertiary/aromatic N) is 2. The molecule has 1 N–H and O–H groups in total. The van der Waals surface area contributed by atoms with Crippen LogP contribution in [0.1, 0.15) is 23.9 Å². The van der Waals surface area contributed by atoms with Gasteiger partial charge in [-0.3, -0.25) is 0 Å². The Kier molecular flexibility index (Phi) is 7.11. The number of hydrogen-bond donors (Lipinski definition) is 1. The van der Waals surface area contributed by atoms with Gasteiger partial charge in [-0.15, -0.1) is 0 Å². The van der Waals surface area contributed by atoms with Crippen molar-refractivity contribution in [2.24, 2.45) is 0 Å². The second kappa shape index (κ2) is 10.2. The fourth-order valence-corrected chi connectivity index (χ4v) is 4.08. The van der Waals surface area contributed by atoms with Crippen molar-refractivity contribution >= 4 is 54.5 Å². The lowest BCUT2D eigenvalue weighted by molar-refractivity contribution is 0.267. The lowest BCUT2D eigenvalue weighted by atomic mass is 10.1. The smallest absolute Gasteiger partial charge is 0.175 e. The van der Waals surface area contributed by atoms with Gasteiger partial charge in [-0.2, -0.15) is 5.26 Å². The molecule has 4 rings (SSSR count). The number of imidazole rings is 1. The van der Waals surface area contributed by atoms with E-state index in [9.17, 15) is 9.65 Å². The molecule has 0 saturated heterocycles. The molecule has 1 aromatic heterocycles. The predicted molar refractivity (Wildman–Crippen MR) is 133 cm³/mol. The number of fused-ring (bicyclic) bond motifs is 1. The number of halogens is 3. The summed E-state index contributed by atoms with van der Waals surface area (Å²) in [5.74, 6) is 1.13. The standard InChI is InChI=1S/C25H18Br2FN3O2/c1-2-32-23-11-16(10-20(27)24(23)33-14-15-3-5-18(26)6-4-15)9-17(13-29)25-30-21-8-7-19(28)12-22(21)31-25/h3-12H,2,14H2,1H3,(H,30,31)/b17-9-. The molecular weight excluding hydrogens is 553 g/mol. The minimum absolute atomic E-state index is 0.310. The summed E-state index contributed by atoms with van der Waals surface area (Å²) < 4.78 is 27.0. The zero-order valence-electron chi connectivity index (χ0n) is 17.5. The highest BCUT2D eigenvalue weighted by molar-refractivity contribution is 9.10. The average molecular weight is 571 g/mol. The predicted octanol–water partition coefficient (Wildman–Crippen LogP) is 7.27. The monoisotopic (exact) mass is 569 g/mol. The molecule has 0 bridgehead atoms. The highest BCUT2D eigenvalue weighted by Gasteiger charge is 2.14. The van der Waals surface area contributed by atoms with Crippen molar-refractivity contribution in [2.75, 3.05) is 6.61 Å². The largest absolute Gasteiger partial charge is 0.490 e. The van der Waals surface area contributed by atoms with Gasteiger partial charge in [0.05, 0.1) is 27.7 Å². The Bertz CT molecular complexity index is 1380. The van der Waals surface area contributed by atoms with Crippen LogP contribution in [0.15, 0.2) is 63.5 Å². The van der Waals surface area contributed by atoms with Crippen LogP contribution in [0.4, 0.5) is 4.39 Å². The molecule has 0 unspecified atom stereocenters. The molecule has 0 spiro atoms. The van der Waals surface area contributed by atoms with Gasteiger partial charge in [0, 0.05) is 4.47 Å². The highest BCUT2D eigenvalue weighted by atomic mass is 79.9. The van der Waals surface area contributed by atoms with Crippen LogP contribution in [-0.2, 0) is 6.61 Å².